The van der Waals surface area contributed by atoms with Gasteiger partial charge in [0, 0.05) is 13.1 Å². The van der Waals surface area contributed by atoms with Gasteiger partial charge in [0.15, 0.2) is 0 Å². The van der Waals surface area contributed by atoms with E-state index in [1.54, 1.807) is 11.0 Å². The molecule has 0 N–H and O–H groups in total. The van der Waals surface area contributed by atoms with E-state index in [2.05, 4.69) is 0 Å². The molecule has 1 saturated heterocycles. The van der Waals surface area contributed by atoms with Crippen LogP contribution < -0.4 is 0 Å². The minimum atomic E-state index is -0.540. The van der Waals surface area contributed by atoms with Crippen molar-refractivity contribution in [3.8, 4) is 0 Å². The van der Waals surface area contributed by atoms with Crippen LogP contribution in [0.4, 0.5) is 4.39 Å². The van der Waals surface area contributed by atoms with Gasteiger partial charge in [-0.1, -0.05) is 17.7 Å². The third-order valence-electron chi connectivity index (χ3n) is 2.58. The van der Waals surface area contributed by atoms with E-state index in [1.807, 2.05) is 0 Å². The molecule has 2 nitrogen and oxygen atoms in total. The van der Waals surface area contributed by atoms with Crippen molar-refractivity contribution in [2.45, 2.75) is 12.8 Å². The van der Waals surface area contributed by atoms with Crippen LogP contribution in [-0.4, -0.2) is 23.9 Å². The van der Waals surface area contributed by atoms with E-state index in [1.165, 1.54) is 12.1 Å². The fourth-order valence-electron chi connectivity index (χ4n) is 1.76. The fourth-order valence-corrected chi connectivity index (χ4v) is 1.97. The number of hydrogen-bond acceptors (Lipinski definition) is 1. The molecule has 0 radical (unpaired) electrons. The van der Waals surface area contributed by atoms with Crippen molar-refractivity contribution in [1.82, 2.24) is 4.90 Å². The van der Waals surface area contributed by atoms with Gasteiger partial charge in [-0.2, -0.15) is 0 Å². The van der Waals surface area contributed by atoms with Gasteiger partial charge in [-0.05, 0) is 25.0 Å². The normalized spacial score (nSPS) is 15.7. The highest BCUT2D eigenvalue weighted by atomic mass is 35.5. The lowest BCUT2D eigenvalue weighted by Crippen LogP contribution is -2.27. The Labute approximate surface area is 92.6 Å². The first-order valence-corrected chi connectivity index (χ1v) is 5.31. The lowest BCUT2D eigenvalue weighted by molar-refractivity contribution is 0.0792. The van der Waals surface area contributed by atoms with Crippen molar-refractivity contribution in [1.29, 1.82) is 0 Å². The SMILES string of the molecule is O=C(c1cccc(F)c1Cl)N1CCCC1. The van der Waals surface area contributed by atoms with Crippen LogP contribution in [0.25, 0.3) is 0 Å². The molecule has 1 aromatic rings. The number of halogens is 2. The monoisotopic (exact) mass is 227 g/mol. The second kappa shape index (κ2) is 4.19. The summed E-state index contributed by atoms with van der Waals surface area (Å²) >= 11 is 5.74. The van der Waals surface area contributed by atoms with E-state index in [4.69, 9.17) is 11.6 Å². The molecule has 80 valence electrons. The zero-order chi connectivity index (χ0) is 10.8. The van der Waals surface area contributed by atoms with E-state index in [9.17, 15) is 9.18 Å². The van der Waals surface area contributed by atoms with Gasteiger partial charge in [-0.3, -0.25) is 4.79 Å². The molecule has 1 heterocycles. The molecule has 1 aliphatic heterocycles. The molecule has 0 bridgehead atoms. The highest BCUT2D eigenvalue weighted by molar-refractivity contribution is 6.34. The number of rotatable bonds is 1. The third kappa shape index (κ3) is 1.97. The number of carbonyl (C=O) groups excluding carboxylic acids is 1. The van der Waals surface area contributed by atoms with Crippen molar-refractivity contribution in [3.05, 3.63) is 34.6 Å². The Morgan fingerprint density at radius 1 is 1.33 bits per heavy atom. The standard InChI is InChI=1S/C11H11ClFNO/c12-10-8(4-3-5-9(10)13)11(15)14-6-1-2-7-14/h3-5H,1-2,6-7H2. The average molecular weight is 228 g/mol. The van der Waals surface area contributed by atoms with Crippen molar-refractivity contribution < 1.29 is 9.18 Å². The molecule has 1 fully saturated rings. The molecule has 0 aromatic heterocycles. The first kappa shape index (κ1) is 10.4. The van der Waals surface area contributed by atoms with Crippen molar-refractivity contribution in [2.75, 3.05) is 13.1 Å². The quantitative estimate of drug-likeness (QED) is 0.723. The molecule has 0 aliphatic carbocycles. The molecular weight excluding hydrogens is 217 g/mol. The highest BCUT2D eigenvalue weighted by Crippen LogP contribution is 2.22. The summed E-state index contributed by atoms with van der Waals surface area (Å²) in [6, 6.07) is 4.32. The van der Waals surface area contributed by atoms with E-state index < -0.39 is 5.82 Å². The topological polar surface area (TPSA) is 20.3 Å². The maximum absolute atomic E-state index is 13.1. The van der Waals surface area contributed by atoms with Crippen molar-refractivity contribution in [3.63, 3.8) is 0 Å². The van der Waals surface area contributed by atoms with Gasteiger partial charge in [0.1, 0.15) is 5.82 Å². The number of amides is 1. The van der Waals surface area contributed by atoms with E-state index in [-0.39, 0.29) is 16.5 Å². The number of benzene rings is 1. The number of carbonyl (C=O) groups is 1. The minimum absolute atomic E-state index is 0.0746. The van der Waals surface area contributed by atoms with E-state index in [0.29, 0.717) is 0 Å². The molecule has 15 heavy (non-hydrogen) atoms. The predicted octanol–water partition coefficient (Wildman–Crippen LogP) is 2.72. The van der Waals surface area contributed by atoms with Crippen molar-refractivity contribution in [2.24, 2.45) is 0 Å². The molecule has 1 amide bonds. The molecular formula is C11H11ClFNO. The number of likely N-dealkylation sites (tertiary alicyclic amines) is 1. The van der Waals surface area contributed by atoms with Gasteiger partial charge in [-0.25, -0.2) is 4.39 Å². The van der Waals surface area contributed by atoms with Gasteiger partial charge in [0.2, 0.25) is 0 Å². The summed E-state index contributed by atoms with van der Waals surface area (Å²) in [6.07, 6.45) is 2.03. The first-order valence-electron chi connectivity index (χ1n) is 4.93. The third-order valence-corrected chi connectivity index (χ3v) is 2.96. The van der Waals surface area contributed by atoms with E-state index in [0.717, 1.165) is 25.9 Å². The van der Waals surface area contributed by atoms with Gasteiger partial charge in [0.05, 0.1) is 10.6 Å². The van der Waals surface area contributed by atoms with Gasteiger partial charge in [0.25, 0.3) is 5.91 Å². The van der Waals surface area contributed by atoms with Crippen LogP contribution >= 0.6 is 11.6 Å². The van der Waals surface area contributed by atoms with E-state index >= 15 is 0 Å². The van der Waals surface area contributed by atoms with Crippen molar-refractivity contribution >= 4 is 17.5 Å². The molecule has 0 saturated carbocycles. The Kier molecular flexibility index (Phi) is 2.91. The second-order valence-electron chi connectivity index (χ2n) is 3.60. The summed E-state index contributed by atoms with van der Waals surface area (Å²) in [4.78, 5) is 13.6. The number of nitrogens with zero attached hydrogens (tertiary/aromatic N) is 1. The molecule has 1 aliphatic rings. The Morgan fingerprint density at radius 3 is 2.67 bits per heavy atom. The van der Waals surface area contributed by atoms with Crippen LogP contribution in [0, 0.1) is 5.82 Å². The van der Waals surface area contributed by atoms with Crippen LogP contribution in [0.5, 0.6) is 0 Å². The van der Waals surface area contributed by atoms with Gasteiger partial charge < -0.3 is 4.90 Å². The minimum Gasteiger partial charge on any atom is -0.339 e. The summed E-state index contributed by atoms with van der Waals surface area (Å²) < 4.78 is 13.1. The summed E-state index contributed by atoms with van der Waals surface area (Å²) in [5.41, 5.74) is 0.263. The summed E-state index contributed by atoms with van der Waals surface area (Å²) in [5, 5.41) is -0.0746. The van der Waals surface area contributed by atoms with Gasteiger partial charge >= 0.3 is 0 Å². The lowest BCUT2D eigenvalue weighted by atomic mass is 10.2. The molecule has 4 heteroatoms. The van der Waals surface area contributed by atoms with Crippen LogP contribution in [-0.2, 0) is 0 Å². The smallest absolute Gasteiger partial charge is 0.255 e. The van der Waals surface area contributed by atoms with Crippen LogP contribution in [0.3, 0.4) is 0 Å². The summed E-state index contributed by atoms with van der Waals surface area (Å²) in [5.74, 6) is -0.710. The summed E-state index contributed by atoms with van der Waals surface area (Å²) in [6.45, 7) is 1.48. The Hall–Kier alpha value is -1.09. The molecule has 2 rings (SSSR count). The Balaban J connectivity index is 2.28. The molecule has 0 spiro atoms. The average Bonchev–Trinajstić information content (AvgIpc) is 2.74. The maximum atomic E-state index is 13.1. The van der Waals surface area contributed by atoms with Crippen LogP contribution in [0.1, 0.15) is 23.2 Å². The molecule has 0 unspecified atom stereocenters. The Morgan fingerprint density at radius 2 is 2.00 bits per heavy atom. The Bertz CT molecular complexity index is 388. The predicted molar refractivity (Wildman–Crippen MR) is 56.5 cm³/mol. The zero-order valence-electron chi connectivity index (χ0n) is 8.17. The number of hydrogen-bond donors (Lipinski definition) is 0. The van der Waals surface area contributed by atoms with Gasteiger partial charge in [-0.15, -0.1) is 0 Å². The first-order chi connectivity index (χ1) is 7.20. The van der Waals surface area contributed by atoms with Crippen LogP contribution in [0.15, 0.2) is 18.2 Å². The van der Waals surface area contributed by atoms with Crippen LogP contribution in [0.2, 0.25) is 5.02 Å². The maximum Gasteiger partial charge on any atom is 0.255 e. The highest BCUT2D eigenvalue weighted by Gasteiger charge is 2.22. The molecule has 1 aromatic carbocycles. The fraction of sp³-hybridized carbons (Fsp3) is 0.364. The lowest BCUT2D eigenvalue weighted by Gasteiger charge is -2.15. The largest absolute Gasteiger partial charge is 0.339 e. The second-order valence-corrected chi connectivity index (χ2v) is 3.98. The summed E-state index contributed by atoms with van der Waals surface area (Å²) in [7, 11) is 0. The zero-order valence-corrected chi connectivity index (χ0v) is 8.93. The molecule has 0 atom stereocenters.